The summed E-state index contributed by atoms with van der Waals surface area (Å²) in [7, 11) is -3.25. The summed E-state index contributed by atoms with van der Waals surface area (Å²) in [4.78, 5) is 22.8. The minimum Gasteiger partial charge on any atom is -0.495 e. The molecule has 2 rings (SSSR count). The van der Waals surface area contributed by atoms with Crippen molar-refractivity contribution in [2.24, 2.45) is 0 Å². The van der Waals surface area contributed by atoms with Gasteiger partial charge in [-0.15, -0.1) is 0 Å². The quantitative estimate of drug-likeness (QED) is 0.586. The minimum absolute atomic E-state index is 0.00939. The molecule has 2 aromatic rings. The highest BCUT2D eigenvalue weighted by Crippen LogP contribution is 2.27. The highest BCUT2D eigenvalue weighted by Gasteiger charge is 2.18. The van der Waals surface area contributed by atoms with E-state index in [-0.39, 0.29) is 22.7 Å². The van der Waals surface area contributed by atoms with Crippen LogP contribution in [0.5, 0.6) is 5.75 Å². The second-order valence-electron chi connectivity index (χ2n) is 5.01. The largest absolute Gasteiger partial charge is 0.495 e. The predicted octanol–water partition coefficient (Wildman–Crippen LogP) is 2.15. The number of hydrogen-bond acceptors (Lipinski definition) is 5. The van der Waals surface area contributed by atoms with Gasteiger partial charge in [0.15, 0.2) is 11.6 Å². The first kappa shape index (κ1) is 19.9. The fraction of sp³-hybridized carbons (Fsp3) is 0.0667. The molecule has 0 heterocycles. The minimum atomic E-state index is -4.48. The summed E-state index contributed by atoms with van der Waals surface area (Å²) >= 11 is 0. The third-order valence-electron chi connectivity index (χ3n) is 3.11. The van der Waals surface area contributed by atoms with Crippen LogP contribution in [0.3, 0.4) is 0 Å². The summed E-state index contributed by atoms with van der Waals surface area (Å²) in [5.74, 6) is -2.98. The number of anilines is 2. The molecule has 0 unspecified atom stereocenters. The van der Waals surface area contributed by atoms with Crippen molar-refractivity contribution in [2.45, 2.75) is 0 Å². The highest BCUT2D eigenvalue weighted by atomic mass is 32.2. The van der Waals surface area contributed by atoms with Gasteiger partial charge < -0.3 is 15.2 Å². The van der Waals surface area contributed by atoms with Gasteiger partial charge in [-0.1, -0.05) is 0 Å². The second-order valence-corrected chi connectivity index (χ2v) is 6.43. The number of benzene rings is 2. The molecule has 0 aromatic heterocycles. The predicted molar refractivity (Wildman–Crippen MR) is 91.0 cm³/mol. The van der Waals surface area contributed by atoms with Gasteiger partial charge in [0, 0.05) is 17.3 Å². The van der Waals surface area contributed by atoms with Crippen LogP contribution >= 0.6 is 0 Å². The Morgan fingerprint density at radius 1 is 1.07 bits per heavy atom. The first-order valence-corrected chi connectivity index (χ1v) is 8.57. The van der Waals surface area contributed by atoms with Crippen molar-refractivity contribution in [3.63, 3.8) is 0 Å². The summed E-state index contributed by atoms with van der Waals surface area (Å²) in [6.07, 6.45) is -1.81. The van der Waals surface area contributed by atoms with Gasteiger partial charge in [0.2, 0.25) is 0 Å². The van der Waals surface area contributed by atoms with Crippen molar-refractivity contribution in [1.29, 1.82) is 0 Å². The van der Waals surface area contributed by atoms with Gasteiger partial charge in [-0.3, -0.25) is 9.52 Å². The van der Waals surface area contributed by atoms with E-state index in [1.54, 1.807) is 0 Å². The van der Waals surface area contributed by atoms with Crippen molar-refractivity contribution in [1.82, 2.24) is 4.72 Å². The standard InChI is InChI=1S/C15H13F2N3O6S/c1-26-13-5-2-8(6-12(13)19-27(24,25)20-15(22)23)14(21)18-9-3-4-10(16)11(17)7-9/h2-7,19-20H,1H3,(H,18,21)(H,22,23). The lowest BCUT2D eigenvalue weighted by atomic mass is 10.1. The topological polar surface area (TPSA) is 134 Å². The van der Waals surface area contributed by atoms with E-state index in [2.05, 4.69) is 5.32 Å². The van der Waals surface area contributed by atoms with Crippen molar-refractivity contribution in [3.8, 4) is 5.75 Å². The summed E-state index contributed by atoms with van der Waals surface area (Å²) < 4.78 is 57.6. The molecule has 0 aliphatic rings. The first-order chi connectivity index (χ1) is 12.6. The zero-order valence-corrected chi connectivity index (χ0v) is 14.4. The molecular weight excluding hydrogens is 388 g/mol. The Morgan fingerprint density at radius 3 is 2.37 bits per heavy atom. The van der Waals surface area contributed by atoms with Gasteiger partial charge in [-0.2, -0.15) is 8.42 Å². The molecule has 2 amide bonds. The van der Waals surface area contributed by atoms with Crippen LogP contribution in [-0.4, -0.2) is 32.6 Å². The van der Waals surface area contributed by atoms with E-state index in [0.717, 1.165) is 24.3 Å². The molecule has 0 saturated carbocycles. The number of carbonyl (C=O) groups excluding carboxylic acids is 1. The molecule has 2 aromatic carbocycles. The zero-order chi connectivity index (χ0) is 20.2. The maximum atomic E-state index is 13.2. The molecule has 27 heavy (non-hydrogen) atoms. The van der Waals surface area contributed by atoms with Crippen molar-refractivity contribution in [3.05, 3.63) is 53.6 Å². The molecule has 0 bridgehead atoms. The zero-order valence-electron chi connectivity index (χ0n) is 13.6. The lowest BCUT2D eigenvalue weighted by molar-refractivity contribution is 0.102. The SMILES string of the molecule is COc1ccc(C(=O)Nc2ccc(F)c(F)c2)cc1NS(=O)(=O)NC(=O)O. The Kier molecular flexibility index (Phi) is 5.80. The molecule has 12 heteroatoms. The Labute approximate surface area is 152 Å². The number of hydrogen-bond donors (Lipinski definition) is 4. The normalized spacial score (nSPS) is 10.8. The second kappa shape index (κ2) is 7.86. The van der Waals surface area contributed by atoms with Crippen LogP contribution in [-0.2, 0) is 10.2 Å². The van der Waals surface area contributed by atoms with E-state index in [4.69, 9.17) is 9.84 Å². The number of methoxy groups -OCH3 is 1. The molecule has 9 nitrogen and oxygen atoms in total. The molecular formula is C15H13F2N3O6S. The lowest BCUT2D eigenvalue weighted by Gasteiger charge is -2.13. The maximum absolute atomic E-state index is 13.2. The van der Waals surface area contributed by atoms with Gasteiger partial charge in [-0.05, 0) is 30.3 Å². The van der Waals surface area contributed by atoms with E-state index in [1.807, 2.05) is 4.72 Å². The van der Waals surface area contributed by atoms with E-state index >= 15 is 0 Å². The van der Waals surface area contributed by atoms with Crippen LogP contribution in [0.4, 0.5) is 25.0 Å². The van der Waals surface area contributed by atoms with Crippen molar-refractivity contribution < 1.29 is 36.6 Å². The molecule has 0 spiro atoms. The van der Waals surface area contributed by atoms with Crippen LogP contribution in [0.25, 0.3) is 0 Å². The van der Waals surface area contributed by atoms with Crippen LogP contribution < -0.4 is 19.5 Å². The molecule has 144 valence electrons. The Morgan fingerprint density at radius 2 is 1.78 bits per heavy atom. The Hall–Kier alpha value is -3.41. The molecule has 0 aliphatic heterocycles. The van der Waals surface area contributed by atoms with Crippen LogP contribution in [0, 0.1) is 11.6 Å². The summed E-state index contributed by atoms with van der Waals surface area (Å²) in [6.45, 7) is 0. The highest BCUT2D eigenvalue weighted by molar-refractivity contribution is 7.91. The molecule has 0 radical (unpaired) electrons. The van der Waals surface area contributed by atoms with Crippen LogP contribution in [0.15, 0.2) is 36.4 Å². The molecule has 0 atom stereocenters. The molecule has 0 fully saturated rings. The number of carboxylic acid groups (broad SMARTS) is 1. The average molecular weight is 401 g/mol. The van der Waals surface area contributed by atoms with E-state index in [1.165, 1.54) is 24.0 Å². The van der Waals surface area contributed by atoms with Crippen LogP contribution in [0.2, 0.25) is 0 Å². The fourth-order valence-electron chi connectivity index (χ4n) is 1.99. The summed E-state index contributed by atoms with van der Waals surface area (Å²) in [5, 5.41) is 10.8. The van der Waals surface area contributed by atoms with Crippen molar-refractivity contribution >= 4 is 33.6 Å². The summed E-state index contributed by atoms with van der Waals surface area (Å²) in [5.41, 5.74) is -0.304. The van der Waals surface area contributed by atoms with Gasteiger partial charge in [0.25, 0.3) is 5.91 Å². The first-order valence-electron chi connectivity index (χ1n) is 7.09. The number of halogens is 2. The number of amides is 2. The van der Waals surface area contributed by atoms with Gasteiger partial charge in [0.05, 0.1) is 12.8 Å². The van der Waals surface area contributed by atoms with E-state index in [9.17, 15) is 26.8 Å². The monoisotopic (exact) mass is 401 g/mol. The third-order valence-corrected chi connectivity index (χ3v) is 4.04. The fourth-order valence-corrected chi connectivity index (χ4v) is 2.72. The number of ether oxygens (including phenoxy) is 1. The van der Waals surface area contributed by atoms with Gasteiger partial charge in [-0.25, -0.2) is 18.3 Å². The Balaban J connectivity index is 2.28. The maximum Gasteiger partial charge on any atom is 0.419 e. The van der Waals surface area contributed by atoms with Gasteiger partial charge >= 0.3 is 16.3 Å². The van der Waals surface area contributed by atoms with Crippen molar-refractivity contribution in [2.75, 3.05) is 17.1 Å². The number of rotatable bonds is 6. The molecule has 0 aliphatic carbocycles. The third kappa shape index (κ3) is 5.28. The Bertz CT molecular complexity index is 997. The average Bonchev–Trinajstić information content (AvgIpc) is 2.56. The number of carbonyl (C=O) groups is 2. The molecule has 0 saturated heterocycles. The van der Waals surface area contributed by atoms with Gasteiger partial charge in [0.1, 0.15) is 5.75 Å². The number of nitrogens with one attached hydrogen (secondary N) is 3. The van der Waals surface area contributed by atoms with E-state index < -0.39 is 33.8 Å². The lowest BCUT2D eigenvalue weighted by Crippen LogP contribution is -2.34. The molecule has 4 N–H and O–H groups in total. The van der Waals surface area contributed by atoms with E-state index in [0.29, 0.717) is 0 Å². The summed E-state index contributed by atoms with van der Waals surface area (Å²) in [6, 6.07) is 6.37. The van der Waals surface area contributed by atoms with Crippen LogP contribution in [0.1, 0.15) is 10.4 Å². The smallest absolute Gasteiger partial charge is 0.419 e.